The second-order valence-electron chi connectivity index (χ2n) is 7.21. The fraction of sp³-hybridized carbons (Fsp3) is 0.429. The van der Waals surface area contributed by atoms with Gasteiger partial charge in [0.2, 0.25) is 0 Å². The van der Waals surface area contributed by atoms with Crippen LogP contribution in [0.25, 0.3) is 11.6 Å². The van der Waals surface area contributed by atoms with E-state index in [0.717, 1.165) is 29.5 Å². The highest BCUT2D eigenvalue weighted by molar-refractivity contribution is 6.02. The zero-order chi connectivity index (χ0) is 18.4. The molecular weight excluding hydrogens is 316 g/mol. The molecule has 0 spiro atoms. The molecule has 0 fully saturated rings. The smallest absolute Gasteiger partial charge is 0.312 e. The fourth-order valence-corrected chi connectivity index (χ4v) is 4.17. The number of carbonyl (C=O) groups excluding carboxylic acids is 2. The van der Waals surface area contributed by atoms with E-state index in [0.29, 0.717) is 11.3 Å². The Bertz CT molecular complexity index is 817. The molecule has 0 N–H and O–H groups in total. The summed E-state index contributed by atoms with van der Waals surface area (Å²) in [5.41, 5.74) is 2.41. The van der Waals surface area contributed by atoms with Crippen LogP contribution in [0.4, 0.5) is 0 Å². The largest absolute Gasteiger partial charge is 0.497 e. The minimum Gasteiger partial charge on any atom is -0.497 e. The number of benzene rings is 1. The molecule has 2 aliphatic carbocycles. The van der Waals surface area contributed by atoms with Crippen molar-refractivity contribution in [3.63, 3.8) is 0 Å². The van der Waals surface area contributed by atoms with Crippen LogP contribution in [-0.2, 0) is 9.53 Å². The first kappa shape index (κ1) is 17.5. The summed E-state index contributed by atoms with van der Waals surface area (Å²) < 4.78 is 10.5. The van der Waals surface area contributed by atoms with E-state index in [1.807, 2.05) is 19.1 Å². The SMILES string of the molecule is COC(=O)[C@@]1(C)CCC=C2c3cc(OC)cc(C(C)=O)c3C=C[C@@]21C. The molecule has 0 aliphatic heterocycles. The van der Waals surface area contributed by atoms with E-state index in [1.165, 1.54) is 7.11 Å². The molecule has 0 bridgehead atoms. The molecule has 0 saturated heterocycles. The van der Waals surface area contributed by atoms with E-state index >= 15 is 0 Å². The molecule has 0 heterocycles. The van der Waals surface area contributed by atoms with Gasteiger partial charge >= 0.3 is 5.97 Å². The molecule has 2 atom stereocenters. The monoisotopic (exact) mass is 340 g/mol. The van der Waals surface area contributed by atoms with Gasteiger partial charge in [0.15, 0.2) is 5.78 Å². The van der Waals surface area contributed by atoms with Crippen molar-refractivity contribution in [1.82, 2.24) is 0 Å². The number of carbonyl (C=O) groups is 2. The normalized spacial score (nSPS) is 27.0. The second kappa shape index (κ2) is 5.87. The first-order chi connectivity index (χ1) is 11.8. The highest BCUT2D eigenvalue weighted by atomic mass is 16.5. The maximum absolute atomic E-state index is 12.6. The molecule has 25 heavy (non-hydrogen) atoms. The van der Waals surface area contributed by atoms with Crippen LogP contribution in [0.15, 0.2) is 24.3 Å². The van der Waals surface area contributed by atoms with Gasteiger partial charge in [-0.25, -0.2) is 0 Å². The molecule has 2 aliphatic rings. The summed E-state index contributed by atoms with van der Waals surface area (Å²) in [6, 6.07) is 3.73. The van der Waals surface area contributed by atoms with Gasteiger partial charge in [-0.1, -0.05) is 25.2 Å². The van der Waals surface area contributed by atoms with Gasteiger partial charge in [0.05, 0.1) is 19.6 Å². The number of esters is 1. The van der Waals surface area contributed by atoms with Gasteiger partial charge in [-0.05, 0) is 55.5 Å². The molecule has 1 aromatic rings. The van der Waals surface area contributed by atoms with Crippen LogP contribution in [0.3, 0.4) is 0 Å². The van der Waals surface area contributed by atoms with Crippen molar-refractivity contribution >= 4 is 23.4 Å². The predicted molar refractivity (Wildman–Crippen MR) is 97.5 cm³/mol. The highest BCUT2D eigenvalue weighted by Gasteiger charge is 2.54. The summed E-state index contributed by atoms with van der Waals surface area (Å²) in [6.45, 7) is 5.60. The van der Waals surface area contributed by atoms with Crippen LogP contribution >= 0.6 is 0 Å². The summed E-state index contributed by atoms with van der Waals surface area (Å²) >= 11 is 0. The van der Waals surface area contributed by atoms with Crippen molar-refractivity contribution in [2.75, 3.05) is 14.2 Å². The van der Waals surface area contributed by atoms with Crippen LogP contribution in [0.2, 0.25) is 0 Å². The Morgan fingerprint density at radius 2 is 1.88 bits per heavy atom. The Balaban J connectivity index is 2.27. The summed E-state index contributed by atoms with van der Waals surface area (Å²) in [5, 5.41) is 0. The molecular formula is C21H24O4. The minimum atomic E-state index is -0.653. The van der Waals surface area contributed by atoms with Crippen LogP contribution in [0.1, 0.15) is 55.1 Å². The zero-order valence-corrected chi connectivity index (χ0v) is 15.4. The zero-order valence-electron chi connectivity index (χ0n) is 15.4. The lowest BCUT2D eigenvalue weighted by molar-refractivity contribution is -0.156. The van der Waals surface area contributed by atoms with E-state index < -0.39 is 10.8 Å². The summed E-state index contributed by atoms with van der Waals surface area (Å²) in [5.74, 6) is 0.437. The Morgan fingerprint density at radius 3 is 2.48 bits per heavy atom. The van der Waals surface area contributed by atoms with Crippen LogP contribution in [0, 0.1) is 10.8 Å². The highest BCUT2D eigenvalue weighted by Crippen LogP contribution is 2.59. The van der Waals surface area contributed by atoms with Crippen molar-refractivity contribution < 1.29 is 19.1 Å². The maximum Gasteiger partial charge on any atom is 0.312 e. The van der Waals surface area contributed by atoms with Crippen molar-refractivity contribution in [1.29, 1.82) is 0 Å². The van der Waals surface area contributed by atoms with Gasteiger partial charge in [0.1, 0.15) is 5.75 Å². The van der Waals surface area contributed by atoms with Gasteiger partial charge in [-0.15, -0.1) is 0 Å². The van der Waals surface area contributed by atoms with E-state index in [4.69, 9.17) is 9.47 Å². The fourth-order valence-electron chi connectivity index (χ4n) is 4.17. The van der Waals surface area contributed by atoms with E-state index in [1.54, 1.807) is 20.1 Å². The van der Waals surface area contributed by atoms with Crippen LogP contribution < -0.4 is 4.74 Å². The van der Waals surface area contributed by atoms with Crippen molar-refractivity contribution in [2.24, 2.45) is 10.8 Å². The number of rotatable bonds is 3. The van der Waals surface area contributed by atoms with Gasteiger partial charge in [0, 0.05) is 11.0 Å². The third-order valence-electron chi connectivity index (χ3n) is 5.98. The first-order valence-corrected chi connectivity index (χ1v) is 8.50. The minimum absolute atomic E-state index is 0.00413. The molecule has 0 saturated carbocycles. The Labute approximate surface area is 148 Å². The van der Waals surface area contributed by atoms with Crippen molar-refractivity contribution in [3.05, 3.63) is 41.0 Å². The van der Waals surface area contributed by atoms with Crippen molar-refractivity contribution in [3.8, 4) is 5.75 Å². The van der Waals surface area contributed by atoms with E-state index in [2.05, 4.69) is 19.1 Å². The number of hydrogen-bond donors (Lipinski definition) is 0. The number of ether oxygens (including phenoxy) is 2. The lowest BCUT2D eigenvalue weighted by Crippen LogP contribution is -2.46. The van der Waals surface area contributed by atoms with E-state index in [-0.39, 0.29) is 11.8 Å². The molecule has 4 nitrogen and oxygen atoms in total. The molecule has 3 rings (SSSR count). The lowest BCUT2D eigenvalue weighted by atomic mass is 9.54. The number of fused-ring (bicyclic) bond motifs is 3. The third-order valence-corrected chi connectivity index (χ3v) is 5.98. The molecule has 4 heteroatoms. The Kier molecular flexibility index (Phi) is 4.10. The van der Waals surface area contributed by atoms with Gasteiger partial charge in [0.25, 0.3) is 0 Å². The number of allylic oxidation sites excluding steroid dienone is 3. The van der Waals surface area contributed by atoms with Gasteiger partial charge in [-0.2, -0.15) is 0 Å². The van der Waals surface area contributed by atoms with E-state index in [9.17, 15) is 9.59 Å². The average Bonchev–Trinajstić information content (AvgIpc) is 2.60. The molecule has 0 unspecified atom stereocenters. The summed E-state index contributed by atoms with van der Waals surface area (Å²) in [4.78, 5) is 24.7. The standard InChI is InChI=1S/C21H24O4/c1-13(22)16-11-14(24-4)12-17-15(16)8-10-20(2)18(17)7-6-9-21(20,3)19(23)25-5/h7-8,10-12H,6,9H2,1-5H3/t20-,21+/m0/s1. The van der Waals surface area contributed by atoms with Crippen molar-refractivity contribution in [2.45, 2.75) is 33.6 Å². The summed E-state index contributed by atoms with van der Waals surface area (Å²) in [7, 11) is 3.03. The number of hydrogen-bond acceptors (Lipinski definition) is 4. The Hall–Kier alpha value is -2.36. The van der Waals surface area contributed by atoms with Gasteiger partial charge in [-0.3, -0.25) is 9.59 Å². The molecule has 0 amide bonds. The number of methoxy groups -OCH3 is 2. The molecule has 1 aromatic carbocycles. The molecule has 0 radical (unpaired) electrons. The first-order valence-electron chi connectivity index (χ1n) is 8.50. The Morgan fingerprint density at radius 1 is 1.16 bits per heavy atom. The lowest BCUT2D eigenvalue weighted by Gasteiger charge is -2.49. The van der Waals surface area contributed by atoms with Gasteiger partial charge < -0.3 is 9.47 Å². The topological polar surface area (TPSA) is 52.6 Å². The molecule has 132 valence electrons. The van der Waals surface area contributed by atoms with Crippen LogP contribution in [0.5, 0.6) is 5.75 Å². The third kappa shape index (κ3) is 2.35. The number of ketones is 1. The maximum atomic E-state index is 12.6. The molecule has 0 aromatic heterocycles. The number of Topliss-reactive ketones (excluding diaryl/α,β-unsaturated/α-hetero) is 1. The predicted octanol–water partition coefficient (Wildman–Crippen LogP) is 4.29. The summed E-state index contributed by atoms with van der Waals surface area (Å²) in [6.07, 6.45) is 7.71. The second-order valence-corrected chi connectivity index (χ2v) is 7.21. The van der Waals surface area contributed by atoms with Crippen LogP contribution in [-0.4, -0.2) is 26.0 Å². The quantitative estimate of drug-likeness (QED) is 0.608. The average molecular weight is 340 g/mol.